The summed E-state index contributed by atoms with van der Waals surface area (Å²) >= 11 is 3.46. The molecule has 0 N–H and O–H groups in total. The molecule has 92 valence electrons. The van der Waals surface area contributed by atoms with Crippen LogP contribution in [0.5, 0.6) is 0 Å². The van der Waals surface area contributed by atoms with Gasteiger partial charge < -0.3 is 4.90 Å². The van der Waals surface area contributed by atoms with E-state index in [1.54, 1.807) is 12.3 Å². The van der Waals surface area contributed by atoms with Gasteiger partial charge in [-0.3, -0.25) is 9.78 Å². The van der Waals surface area contributed by atoms with Gasteiger partial charge in [-0.1, -0.05) is 15.9 Å². The van der Waals surface area contributed by atoms with Crippen LogP contribution in [0, 0.1) is 12.8 Å². The first kappa shape index (κ1) is 12.6. The Morgan fingerprint density at radius 2 is 2.47 bits per heavy atom. The van der Waals surface area contributed by atoms with Crippen LogP contribution >= 0.6 is 15.9 Å². The van der Waals surface area contributed by atoms with E-state index in [1.165, 1.54) is 0 Å². The predicted molar refractivity (Wildman–Crippen MR) is 71.4 cm³/mol. The van der Waals surface area contributed by atoms with Gasteiger partial charge in [-0.2, -0.15) is 0 Å². The largest absolute Gasteiger partial charge is 0.338 e. The van der Waals surface area contributed by atoms with Crippen molar-refractivity contribution < 1.29 is 4.79 Å². The summed E-state index contributed by atoms with van der Waals surface area (Å²) in [5.74, 6) is 0.800. The summed E-state index contributed by atoms with van der Waals surface area (Å²) in [4.78, 5) is 18.3. The molecule has 1 atom stereocenters. The molecule has 1 aliphatic heterocycles. The van der Waals surface area contributed by atoms with Crippen LogP contribution in [-0.4, -0.2) is 34.2 Å². The Balaban J connectivity index is 2.02. The van der Waals surface area contributed by atoms with Crippen LogP contribution in [0.15, 0.2) is 18.3 Å². The maximum atomic E-state index is 12.2. The molecule has 2 heterocycles. The SMILES string of the molecule is Cc1cc(C(=O)N2CCC(CCBr)C2)ccn1. The number of nitrogens with zero attached hydrogens (tertiary/aromatic N) is 2. The molecule has 4 heteroatoms. The zero-order valence-electron chi connectivity index (χ0n) is 10.0. The number of likely N-dealkylation sites (tertiary alicyclic amines) is 1. The predicted octanol–water partition coefficient (Wildman–Crippen LogP) is 2.64. The van der Waals surface area contributed by atoms with Crippen LogP contribution in [0.25, 0.3) is 0 Å². The summed E-state index contributed by atoms with van der Waals surface area (Å²) in [6.07, 6.45) is 3.98. The monoisotopic (exact) mass is 296 g/mol. The molecule has 17 heavy (non-hydrogen) atoms. The molecule has 3 nitrogen and oxygen atoms in total. The van der Waals surface area contributed by atoms with Gasteiger partial charge in [0.2, 0.25) is 0 Å². The highest BCUT2D eigenvalue weighted by atomic mass is 79.9. The fourth-order valence-electron chi connectivity index (χ4n) is 2.27. The summed E-state index contributed by atoms with van der Waals surface area (Å²) in [6, 6.07) is 3.66. The molecule has 1 aromatic rings. The molecule has 1 aromatic heterocycles. The number of rotatable bonds is 3. The number of carbonyl (C=O) groups is 1. The smallest absolute Gasteiger partial charge is 0.253 e. The zero-order chi connectivity index (χ0) is 12.3. The van der Waals surface area contributed by atoms with Crippen molar-refractivity contribution in [2.24, 2.45) is 5.92 Å². The van der Waals surface area contributed by atoms with Crippen molar-refractivity contribution in [1.29, 1.82) is 0 Å². The first-order valence-electron chi connectivity index (χ1n) is 5.98. The van der Waals surface area contributed by atoms with E-state index >= 15 is 0 Å². The molecule has 0 saturated carbocycles. The maximum Gasteiger partial charge on any atom is 0.253 e. The maximum absolute atomic E-state index is 12.2. The van der Waals surface area contributed by atoms with Crippen molar-refractivity contribution in [3.63, 3.8) is 0 Å². The van der Waals surface area contributed by atoms with Crippen LogP contribution in [0.2, 0.25) is 0 Å². The van der Waals surface area contributed by atoms with Gasteiger partial charge in [0.15, 0.2) is 0 Å². The second-order valence-corrected chi connectivity index (χ2v) is 5.36. The van der Waals surface area contributed by atoms with Crippen molar-refractivity contribution in [3.05, 3.63) is 29.6 Å². The van der Waals surface area contributed by atoms with Crippen LogP contribution in [-0.2, 0) is 0 Å². The molecule has 1 amide bonds. The Bertz CT molecular complexity index is 408. The minimum atomic E-state index is 0.146. The van der Waals surface area contributed by atoms with Gasteiger partial charge in [0, 0.05) is 35.9 Å². The number of carbonyl (C=O) groups excluding carboxylic acids is 1. The number of pyridine rings is 1. The molecular formula is C13H17BrN2O. The summed E-state index contributed by atoms with van der Waals surface area (Å²) in [5.41, 5.74) is 1.66. The molecule has 1 unspecified atom stereocenters. The lowest BCUT2D eigenvalue weighted by Gasteiger charge is -2.16. The minimum absolute atomic E-state index is 0.146. The number of hydrogen-bond donors (Lipinski definition) is 0. The van der Waals surface area contributed by atoms with Gasteiger partial charge in [0.1, 0.15) is 0 Å². The van der Waals surface area contributed by atoms with Gasteiger partial charge in [-0.15, -0.1) is 0 Å². The number of alkyl halides is 1. The van der Waals surface area contributed by atoms with Crippen LogP contribution in [0.1, 0.15) is 28.9 Å². The van der Waals surface area contributed by atoms with E-state index in [1.807, 2.05) is 17.9 Å². The lowest BCUT2D eigenvalue weighted by molar-refractivity contribution is 0.0786. The van der Waals surface area contributed by atoms with E-state index in [0.717, 1.165) is 42.5 Å². The Morgan fingerprint density at radius 1 is 1.65 bits per heavy atom. The average Bonchev–Trinajstić information content (AvgIpc) is 2.77. The van der Waals surface area contributed by atoms with Gasteiger partial charge in [-0.05, 0) is 37.8 Å². The van der Waals surface area contributed by atoms with E-state index < -0.39 is 0 Å². The highest BCUT2D eigenvalue weighted by Crippen LogP contribution is 2.22. The molecule has 1 saturated heterocycles. The van der Waals surface area contributed by atoms with E-state index in [-0.39, 0.29) is 5.91 Å². The van der Waals surface area contributed by atoms with Gasteiger partial charge >= 0.3 is 0 Å². The van der Waals surface area contributed by atoms with E-state index in [9.17, 15) is 4.79 Å². The Morgan fingerprint density at radius 3 is 3.18 bits per heavy atom. The molecule has 1 aliphatic rings. The second-order valence-electron chi connectivity index (χ2n) is 4.57. The molecule has 0 aliphatic carbocycles. The normalized spacial score (nSPS) is 19.6. The fraction of sp³-hybridized carbons (Fsp3) is 0.538. The number of hydrogen-bond acceptors (Lipinski definition) is 2. The molecule has 2 rings (SSSR count). The number of aromatic nitrogens is 1. The third-order valence-electron chi connectivity index (χ3n) is 3.23. The van der Waals surface area contributed by atoms with E-state index in [4.69, 9.17) is 0 Å². The minimum Gasteiger partial charge on any atom is -0.338 e. The molecule has 0 aromatic carbocycles. The fourth-order valence-corrected chi connectivity index (χ4v) is 2.92. The molecule has 0 bridgehead atoms. The number of aryl methyl sites for hydroxylation is 1. The summed E-state index contributed by atoms with van der Waals surface area (Å²) in [6.45, 7) is 3.69. The topological polar surface area (TPSA) is 33.2 Å². The number of amides is 1. The molecule has 0 spiro atoms. The Kier molecular flexibility index (Phi) is 4.15. The standard InChI is InChI=1S/C13H17BrN2O/c1-10-8-12(3-6-15-10)13(17)16-7-4-11(9-16)2-5-14/h3,6,8,11H,2,4-5,7,9H2,1H3. The number of halogens is 1. The Labute approximate surface area is 110 Å². The van der Waals surface area contributed by atoms with E-state index in [0.29, 0.717) is 5.92 Å². The third kappa shape index (κ3) is 3.06. The van der Waals surface area contributed by atoms with Crippen LogP contribution in [0.4, 0.5) is 0 Å². The molecule has 0 radical (unpaired) electrons. The molecular weight excluding hydrogens is 280 g/mol. The van der Waals surface area contributed by atoms with Gasteiger partial charge in [0.25, 0.3) is 5.91 Å². The lowest BCUT2D eigenvalue weighted by Crippen LogP contribution is -2.28. The first-order valence-corrected chi connectivity index (χ1v) is 7.10. The lowest BCUT2D eigenvalue weighted by atomic mass is 10.1. The highest BCUT2D eigenvalue weighted by Gasteiger charge is 2.26. The quantitative estimate of drug-likeness (QED) is 0.804. The average molecular weight is 297 g/mol. The van der Waals surface area contributed by atoms with Crippen molar-refractivity contribution in [1.82, 2.24) is 9.88 Å². The second kappa shape index (κ2) is 5.63. The van der Waals surface area contributed by atoms with Crippen molar-refractivity contribution >= 4 is 21.8 Å². The summed E-state index contributed by atoms with van der Waals surface area (Å²) < 4.78 is 0. The molecule has 1 fully saturated rings. The van der Waals surface area contributed by atoms with Gasteiger partial charge in [-0.25, -0.2) is 0 Å². The Hall–Kier alpha value is -0.900. The van der Waals surface area contributed by atoms with Gasteiger partial charge in [0.05, 0.1) is 0 Å². The van der Waals surface area contributed by atoms with Crippen LogP contribution < -0.4 is 0 Å². The first-order chi connectivity index (χ1) is 8.20. The van der Waals surface area contributed by atoms with Crippen LogP contribution in [0.3, 0.4) is 0 Å². The highest BCUT2D eigenvalue weighted by molar-refractivity contribution is 9.09. The zero-order valence-corrected chi connectivity index (χ0v) is 11.6. The van der Waals surface area contributed by atoms with Crippen molar-refractivity contribution in [2.75, 3.05) is 18.4 Å². The van der Waals surface area contributed by atoms with E-state index in [2.05, 4.69) is 20.9 Å². The summed E-state index contributed by atoms with van der Waals surface area (Å²) in [7, 11) is 0. The van der Waals surface area contributed by atoms with Crippen molar-refractivity contribution in [3.8, 4) is 0 Å². The third-order valence-corrected chi connectivity index (χ3v) is 3.69. The summed E-state index contributed by atoms with van der Waals surface area (Å²) in [5, 5.41) is 1.02. The van der Waals surface area contributed by atoms with Crippen molar-refractivity contribution in [2.45, 2.75) is 19.8 Å².